The maximum atomic E-state index is 3.32. The minimum absolute atomic E-state index is 1.06. The Morgan fingerprint density at radius 3 is 1.59 bits per heavy atom. The zero-order valence-electron chi connectivity index (χ0n) is 22.1. The van der Waals surface area contributed by atoms with Crippen LogP contribution in [0.25, 0.3) is 17.2 Å². The van der Waals surface area contributed by atoms with Gasteiger partial charge in [0.25, 0.3) is 0 Å². The molecule has 0 saturated heterocycles. The Kier molecular flexibility index (Phi) is 8.48. The fourth-order valence-corrected chi connectivity index (χ4v) is 4.34. The molecule has 2 heteroatoms. The zero-order chi connectivity index (χ0) is 26.7. The third-order valence-electron chi connectivity index (χ3n) is 6.42. The van der Waals surface area contributed by atoms with Crippen molar-refractivity contribution >= 4 is 28.8 Å². The number of para-hydroxylation sites is 2. The monoisotopic (exact) mass is 504 g/mol. The molecule has 0 saturated carbocycles. The average molecular weight is 505 g/mol. The first-order valence-electron chi connectivity index (χ1n) is 13.2. The Morgan fingerprint density at radius 2 is 1.00 bits per heavy atom. The first-order valence-corrected chi connectivity index (χ1v) is 13.2. The Labute approximate surface area is 231 Å². The van der Waals surface area contributed by atoms with Crippen LogP contribution in [0.1, 0.15) is 11.1 Å². The number of anilines is 4. The molecule has 0 amide bonds. The van der Waals surface area contributed by atoms with Gasteiger partial charge in [0.05, 0.1) is 0 Å². The van der Waals surface area contributed by atoms with Crippen molar-refractivity contribution in [3.8, 4) is 11.1 Å². The molecule has 0 heterocycles. The summed E-state index contributed by atoms with van der Waals surface area (Å²) < 4.78 is 0. The number of benzene rings is 5. The van der Waals surface area contributed by atoms with Gasteiger partial charge in [0.2, 0.25) is 0 Å². The lowest BCUT2D eigenvalue weighted by molar-refractivity contribution is 1.28. The third-order valence-corrected chi connectivity index (χ3v) is 6.42. The lowest BCUT2D eigenvalue weighted by Crippen LogP contribution is -2.09. The number of nitrogens with zero attached hydrogens (tertiary/aromatic N) is 1. The van der Waals surface area contributed by atoms with Crippen molar-refractivity contribution in [3.63, 3.8) is 0 Å². The highest BCUT2D eigenvalue weighted by atomic mass is 15.1. The summed E-state index contributed by atoms with van der Waals surface area (Å²) in [6, 6.07) is 46.6. The van der Waals surface area contributed by atoms with Gasteiger partial charge in [0.15, 0.2) is 0 Å². The van der Waals surface area contributed by atoms with Gasteiger partial charge in [0.1, 0.15) is 0 Å². The van der Waals surface area contributed by atoms with Crippen LogP contribution in [0.2, 0.25) is 0 Å². The molecule has 0 spiro atoms. The summed E-state index contributed by atoms with van der Waals surface area (Å²) in [5, 5.41) is 3.32. The first kappa shape index (κ1) is 25.6. The summed E-state index contributed by atoms with van der Waals surface area (Å²) in [6.45, 7) is 2.11. The van der Waals surface area contributed by atoms with E-state index in [4.69, 9.17) is 0 Å². The topological polar surface area (TPSA) is 15.3 Å². The summed E-state index contributed by atoms with van der Waals surface area (Å²) in [5.41, 5.74) is 9.34. The predicted octanol–water partition coefficient (Wildman–Crippen LogP) is 10.3. The van der Waals surface area contributed by atoms with Gasteiger partial charge in [-0.15, -0.1) is 0 Å². The van der Waals surface area contributed by atoms with E-state index < -0.39 is 0 Å². The van der Waals surface area contributed by atoms with Crippen molar-refractivity contribution in [2.24, 2.45) is 0 Å². The van der Waals surface area contributed by atoms with Crippen LogP contribution in [-0.2, 0) is 0 Å². The highest BCUT2D eigenvalue weighted by molar-refractivity contribution is 5.77. The van der Waals surface area contributed by atoms with Gasteiger partial charge < -0.3 is 10.2 Å². The molecule has 0 aliphatic rings. The van der Waals surface area contributed by atoms with Crippen molar-refractivity contribution < 1.29 is 0 Å². The van der Waals surface area contributed by atoms with E-state index in [9.17, 15) is 0 Å². The lowest BCUT2D eigenvalue weighted by atomic mass is 10.0. The number of aryl methyl sites for hydroxylation is 1. The van der Waals surface area contributed by atoms with Gasteiger partial charge in [-0.25, -0.2) is 0 Å². The second kappa shape index (κ2) is 12.9. The van der Waals surface area contributed by atoms with E-state index in [1.165, 1.54) is 16.7 Å². The van der Waals surface area contributed by atoms with E-state index in [-0.39, 0.29) is 0 Å². The summed E-state index contributed by atoms with van der Waals surface area (Å²) >= 11 is 0. The molecule has 0 aliphatic carbocycles. The van der Waals surface area contributed by atoms with E-state index in [1.54, 1.807) is 0 Å². The molecule has 39 heavy (non-hydrogen) atoms. The number of allylic oxidation sites excluding steroid dienone is 4. The SMILES string of the molecule is Cc1ccc(-c2ccc(N/C=C/C=C\C=C/c3ccc(N(c4ccccc4)c4ccccc4)cc3)cc2)cc1. The predicted molar refractivity (Wildman–Crippen MR) is 169 cm³/mol. The second-order valence-electron chi connectivity index (χ2n) is 9.29. The van der Waals surface area contributed by atoms with Crippen LogP contribution >= 0.6 is 0 Å². The van der Waals surface area contributed by atoms with E-state index in [0.29, 0.717) is 0 Å². The molecule has 0 fully saturated rings. The van der Waals surface area contributed by atoms with E-state index >= 15 is 0 Å². The van der Waals surface area contributed by atoms with Crippen LogP contribution in [0.5, 0.6) is 0 Å². The Balaban J connectivity index is 1.16. The molecule has 0 bridgehead atoms. The number of hydrogen-bond acceptors (Lipinski definition) is 2. The Morgan fingerprint density at radius 1 is 0.487 bits per heavy atom. The van der Waals surface area contributed by atoms with Gasteiger partial charge >= 0.3 is 0 Å². The molecule has 0 radical (unpaired) electrons. The minimum Gasteiger partial charge on any atom is -0.362 e. The van der Waals surface area contributed by atoms with Crippen molar-refractivity contribution in [3.05, 3.63) is 175 Å². The normalized spacial score (nSPS) is 11.4. The summed E-state index contributed by atoms with van der Waals surface area (Å²) in [7, 11) is 0. The molecule has 1 N–H and O–H groups in total. The molecule has 5 aromatic carbocycles. The molecule has 5 rings (SSSR count). The molecule has 0 atom stereocenters. The zero-order valence-corrected chi connectivity index (χ0v) is 22.1. The van der Waals surface area contributed by atoms with Crippen LogP contribution in [0.3, 0.4) is 0 Å². The van der Waals surface area contributed by atoms with Crippen molar-refractivity contribution in [1.82, 2.24) is 0 Å². The van der Waals surface area contributed by atoms with Gasteiger partial charge in [-0.05, 0) is 78.2 Å². The fourth-order valence-electron chi connectivity index (χ4n) is 4.34. The van der Waals surface area contributed by atoms with Gasteiger partial charge in [-0.2, -0.15) is 0 Å². The van der Waals surface area contributed by atoms with Gasteiger partial charge in [-0.3, -0.25) is 0 Å². The van der Waals surface area contributed by atoms with Crippen LogP contribution in [0.4, 0.5) is 22.7 Å². The quantitative estimate of drug-likeness (QED) is 0.201. The smallest absolute Gasteiger partial charge is 0.0462 e. The minimum atomic E-state index is 1.06. The maximum Gasteiger partial charge on any atom is 0.0462 e. The van der Waals surface area contributed by atoms with E-state index in [1.807, 2.05) is 36.6 Å². The molecule has 2 nitrogen and oxygen atoms in total. The van der Waals surface area contributed by atoms with Crippen LogP contribution in [0, 0.1) is 6.92 Å². The summed E-state index contributed by atoms with van der Waals surface area (Å²) in [6.07, 6.45) is 12.2. The largest absolute Gasteiger partial charge is 0.362 e. The molecule has 0 unspecified atom stereocenters. The standard InChI is InChI=1S/C37H32N2/c1-30-17-21-32(22-18-30)33-23-25-34(26-24-33)38-29-11-3-2-6-12-31-19-27-37(28-20-31)39(35-13-7-4-8-14-35)36-15-9-5-10-16-36/h2-29,38H,1H3/b3-2-,12-6-,29-11+. The second-order valence-corrected chi connectivity index (χ2v) is 9.29. The molecule has 0 aliphatic heterocycles. The number of rotatable bonds is 9. The van der Waals surface area contributed by atoms with Crippen molar-refractivity contribution in [1.29, 1.82) is 0 Å². The van der Waals surface area contributed by atoms with Crippen LogP contribution in [-0.4, -0.2) is 0 Å². The maximum absolute atomic E-state index is 3.32. The molecule has 190 valence electrons. The average Bonchev–Trinajstić information content (AvgIpc) is 2.99. The summed E-state index contributed by atoms with van der Waals surface area (Å²) in [5.74, 6) is 0. The fraction of sp³-hybridized carbons (Fsp3) is 0.0270. The molecular formula is C37H32N2. The van der Waals surface area contributed by atoms with Gasteiger partial charge in [0, 0.05) is 28.9 Å². The van der Waals surface area contributed by atoms with Crippen molar-refractivity contribution in [2.45, 2.75) is 6.92 Å². The van der Waals surface area contributed by atoms with Crippen molar-refractivity contribution in [2.75, 3.05) is 10.2 Å². The lowest BCUT2D eigenvalue weighted by Gasteiger charge is -2.25. The highest BCUT2D eigenvalue weighted by Gasteiger charge is 2.11. The Hall–Kier alpha value is -5.08. The van der Waals surface area contributed by atoms with E-state index in [0.717, 1.165) is 28.3 Å². The van der Waals surface area contributed by atoms with E-state index in [2.05, 4.69) is 151 Å². The number of nitrogens with one attached hydrogen (secondary N) is 1. The summed E-state index contributed by atoms with van der Waals surface area (Å²) in [4.78, 5) is 2.27. The highest BCUT2D eigenvalue weighted by Crippen LogP contribution is 2.34. The molecule has 0 aromatic heterocycles. The molecular weight excluding hydrogens is 472 g/mol. The first-order chi connectivity index (χ1) is 19.3. The van der Waals surface area contributed by atoms with Crippen LogP contribution < -0.4 is 10.2 Å². The Bertz CT molecular complexity index is 1490. The van der Waals surface area contributed by atoms with Gasteiger partial charge in [-0.1, -0.05) is 115 Å². The molecule has 5 aromatic rings. The van der Waals surface area contributed by atoms with Crippen LogP contribution in [0.15, 0.2) is 164 Å². The third kappa shape index (κ3) is 7.03. The number of hydrogen-bond donors (Lipinski definition) is 1.